The molecule has 1 aliphatic rings. The molecule has 8 heteroatoms. The number of carbonyl (C=O) groups excluding carboxylic acids is 3. The van der Waals surface area contributed by atoms with Gasteiger partial charge in [0.05, 0.1) is 14.2 Å². The van der Waals surface area contributed by atoms with Gasteiger partial charge in [-0.2, -0.15) is 0 Å². The second kappa shape index (κ2) is 9.96. The molecule has 1 fully saturated rings. The number of nitrogens with zero attached hydrogens (tertiary/aromatic N) is 1. The minimum atomic E-state index is -0.687. The SMILES string of the molecule is COc1ccc(CCCC(=O)N[C@@H](C)C(=O)N2CCC[C@H]2C(N)=O)cc1OC. The summed E-state index contributed by atoms with van der Waals surface area (Å²) in [7, 11) is 3.16. The number of carbonyl (C=O) groups is 3. The lowest BCUT2D eigenvalue weighted by Crippen LogP contribution is -2.51. The first-order chi connectivity index (χ1) is 13.4. The molecule has 154 valence electrons. The highest BCUT2D eigenvalue weighted by atomic mass is 16.5. The molecule has 3 amide bonds. The van der Waals surface area contributed by atoms with Crippen LogP contribution in [0.1, 0.15) is 38.2 Å². The van der Waals surface area contributed by atoms with E-state index in [0.29, 0.717) is 43.7 Å². The van der Waals surface area contributed by atoms with Crippen molar-refractivity contribution < 1.29 is 23.9 Å². The van der Waals surface area contributed by atoms with Gasteiger partial charge in [-0.25, -0.2) is 0 Å². The van der Waals surface area contributed by atoms with Gasteiger partial charge in [-0.3, -0.25) is 14.4 Å². The molecular formula is C20H29N3O5. The van der Waals surface area contributed by atoms with E-state index in [-0.39, 0.29) is 11.8 Å². The molecule has 0 radical (unpaired) electrons. The third kappa shape index (κ3) is 5.37. The van der Waals surface area contributed by atoms with Gasteiger partial charge in [-0.1, -0.05) is 6.07 Å². The first-order valence-electron chi connectivity index (χ1n) is 9.47. The minimum absolute atomic E-state index is 0.198. The number of likely N-dealkylation sites (tertiary alicyclic amines) is 1. The van der Waals surface area contributed by atoms with Gasteiger partial charge >= 0.3 is 0 Å². The van der Waals surface area contributed by atoms with Crippen LogP contribution in [0.25, 0.3) is 0 Å². The molecule has 0 unspecified atom stereocenters. The minimum Gasteiger partial charge on any atom is -0.493 e. The van der Waals surface area contributed by atoms with E-state index in [2.05, 4.69) is 5.32 Å². The van der Waals surface area contributed by atoms with Crippen LogP contribution >= 0.6 is 0 Å². The van der Waals surface area contributed by atoms with Crippen LogP contribution in [0.15, 0.2) is 18.2 Å². The predicted octanol–water partition coefficient (Wildman–Crippen LogP) is 1.01. The monoisotopic (exact) mass is 391 g/mol. The van der Waals surface area contributed by atoms with Gasteiger partial charge < -0.3 is 25.4 Å². The number of methoxy groups -OCH3 is 2. The standard InChI is InChI=1S/C20H29N3O5/c1-13(20(26)23-11-5-7-15(23)19(21)25)22-18(24)8-4-6-14-9-10-16(27-2)17(12-14)28-3/h9-10,12-13,15H,4-8,11H2,1-3H3,(H2,21,25)(H,22,24)/t13-,15-/m0/s1. The van der Waals surface area contributed by atoms with Crippen molar-refractivity contribution in [1.82, 2.24) is 10.2 Å². The van der Waals surface area contributed by atoms with Crippen molar-refractivity contribution in [1.29, 1.82) is 0 Å². The molecule has 1 aromatic rings. The van der Waals surface area contributed by atoms with Crippen LogP contribution in [0, 0.1) is 0 Å². The number of nitrogens with one attached hydrogen (secondary N) is 1. The second-order valence-corrected chi connectivity index (χ2v) is 6.92. The lowest BCUT2D eigenvalue weighted by Gasteiger charge is -2.25. The first kappa shape index (κ1) is 21.5. The van der Waals surface area contributed by atoms with Crippen molar-refractivity contribution in [2.75, 3.05) is 20.8 Å². The van der Waals surface area contributed by atoms with Crippen molar-refractivity contribution >= 4 is 17.7 Å². The maximum atomic E-state index is 12.5. The highest BCUT2D eigenvalue weighted by Gasteiger charge is 2.34. The van der Waals surface area contributed by atoms with Crippen molar-refractivity contribution in [3.05, 3.63) is 23.8 Å². The lowest BCUT2D eigenvalue weighted by molar-refractivity contribution is -0.140. The van der Waals surface area contributed by atoms with Gasteiger partial charge in [-0.05, 0) is 50.3 Å². The van der Waals surface area contributed by atoms with E-state index in [1.165, 1.54) is 4.90 Å². The zero-order chi connectivity index (χ0) is 20.7. The average molecular weight is 391 g/mol. The molecule has 8 nitrogen and oxygen atoms in total. The Morgan fingerprint density at radius 3 is 2.61 bits per heavy atom. The van der Waals surface area contributed by atoms with E-state index in [1.54, 1.807) is 21.1 Å². The van der Waals surface area contributed by atoms with Crippen LogP contribution in [-0.4, -0.2) is 55.5 Å². The van der Waals surface area contributed by atoms with E-state index in [9.17, 15) is 14.4 Å². The summed E-state index contributed by atoms with van der Waals surface area (Å²) in [5.41, 5.74) is 6.39. The molecule has 1 aromatic carbocycles. The predicted molar refractivity (Wildman–Crippen MR) is 104 cm³/mol. The Bertz CT molecular complexity index is 722. The van der Waals surface area contributed by atoms with Gasteiger partial charge in [0, 0.05) is 13.0 Å². The number of ether oxygens (including phenoxy) is 2. The van der Waals surface area contributed by atoms with E-state index >= 15 is 0 Å². The maximum absolute atomic E-state index is 12.5. The van der Waals surface area contributed by atoms with Gasteiger partial charge in [0.1, 0.15) is 12.1 Å². The Kier molecular flexibility index (Phi) is 7.66. The maximum Gasteiger partial charge on any atom is 0.245 e. The fourth-order valence-corrected chi connectivity index (χ4v) is 3.44. The fourth-order valence-electron chi connectivity index (χ4n) is 3.44. The fraction of sp³-hybridized carbons (Fsp3) is 0.550. The molecule has 0 bridgehead atoms. The molecule has 0 aromatic heterocycles. The summed E-state index contributed by atoms with van der Waals surface area (Å²) < 4.78 is 10.5. The van der Waals surface area contributed by atoms with Crippen molar-refractivity contribution in [3.8, 4) is 11.5 Å². The van der Waals surface area contributed by atoms with E-state index in [0.717, 1.165) is 12.0 Å². The molecule has 28 heavy (non-hydrogen) atoms. The van der Waals surface area contributed by atoms with E-state index in [4.69, 9.17) is 15.2 Å². The van der Waals surface area contributed by atoms with Crippen LogP contribution in [0.3, 0.4) is 0 Å². The summed E-state index contributed by atoms with van der Waals surface area (Å²) >= 11 is 0. The zero-order valence-electron chi connectivity index (χ0n) is 16.7. The molecule has 1 heterocycles. The molecular weight excluding hydrogens is 362 g/mol. The highest BCUT2D eigenvalue weighted by molar-refractivity contribution is 5.91. The second-order valence-electron chi connectivity index (χ2n) is 6.92. The molecule has 0 spiro atoms. The average Bonchev–Trinajstić information content (AvgIpc) is 3.17. The Labute approximate surface area is 165 Å². The van der Waals surface area contributed by atoms with Gasteiger partial charge in [0.2, 0.25) is 17.7 Å². The first-order valence-corrected chi connectivity index (χ1v) is 9.47. The number of amides is 3. The summed E-state index contributed by atoms with van der Waals surface area (Å²) in [6.45, 7) is 2.12. The largest absolute Gasteiger partial charge is 0.493 e. The summed E-state index contributed by atoms with van der Waals surface area (Å²) in [5, 5.41) is 2.72. The third-order valence-electron chi connectivity index (χ3n) is 4.93. The molecule has 0 aliphatic carbocycles. The summed E-state index contributed by atoms with van der Waals surface area (Å²) in [5.74, 6) is 0.343. The number of rotatable bonds is 9. The topological polar surface area (TPSA) is 111 Å². The summed E-state index contributed by atoms with van der Waals surface area (Å²) in [6, 6.07) is 4.40. The Morgan fingerprint density at radius 1 is 1.25 bits per heavy atom. The van der Waals surface area contributed by atoms with Crippen LogP contribution < -0.4 is 20.5 Å². The number of nitrogens with two attached hydrogens (primary N) is 1. The van der Waals surface area contributed by atoms with Crippen LogP contribution in [0.5, 0.6) is 11.5 Å². The van der Waals surface area contributed by atoms with E-state index < -0.39 is 18.0 Å². The van der Waals surface area contributed by atoms with Crippen molar-refractivity contribution in [2.24, 2.45) is 5.73 Å². The van der Waals surface area contributed by atoms with Crippen LogP contribution in [0.2, 0.25) is 0 Å². The van der Waals surface area contributed by atoms with E-state index in [1.807, 2.05) is 18.2 Å². The Hall–Kier alpha value is -2.77. The third-order valence-corrected chi connectivity index (χ3v) is 4.93. The van der Waals surface area contributed by atoms with Gasteiger partial charge in [-0.15, -0.1) is 0 Å². The number of hydrogen-bond donors (Lipinski definition) is 2. The normalized spacial score (nSPS) is 17.1. The molecule has 1 aliphatic heterocycles. The number of hydrogen-bond acceptors (Lipinski definition) is 5. The van der Waals surface area contributed by atoms with Crippen LogP contribution in [-0.2, 0) is 20.8 Å². The highest BCUT2D eigenvalue weighted by Crippen LogP contribution is 2.28. The smallest absolute Gasteiger partial charge is 0.245 e. The molecule has 3 N–H and O–H groups in total. The molecule has 2 atom stereocenters. The summed E-state index contributed by atoms with van der Waals surface area (Å²) in [4.78, 5) is 37.6. The zero-order valence-corrected chi connectivity index (χ0v) is 16.7. The molecule has 1 saturated heterocycles. The molecule has 2 rings (SSSR count). The number of aryl methyl sites for hydroxylation is 1. The molecule has 0 saturated carbocycles. The summed E-state index contributed by atoms with van der Waals surface area (Å²) in [6.07, 6.45) is 2.95. The number of benzene rings is 1. The van der Waals surface area contributed by atoms with Crippen LogP contribution in [0.4, 0.5) is 0 Å². The Balaban J connectivity index is 1.80. The van der Waals surface area contributed by atoms with Crippen molar-refractivity contribution in [3.63, 3.8) is 0 Å². The van der Waals surface area contributed by atoms with Crippen molar-refractivity contribution in [2.45, 2.75) is 51.1 Å². The quantitative estimate of drug-likeness (QED) is 0.653. The lowest BCUT2D eigenvalue weighted by atomic mass is 10.1. The van der Waals surface area contributed by atoms with Gasteiger partial charge in [0.25, 0.3) is 0 Å². The Morgan fingerprint density at radius 2 is 1.96 bits per heavy atom. The number of primary amides is 1. The van der Waals surface area contributed by atoms with Gasteiger partial charge in [0.15, 0.2) is 11.5 Å².